The van der Waals surface area contributed by atoms with Gasteiger partial charge in [0.25, 0.3) is 0 Å². The van der Waals surface area contributed by atoms with Crippen LogP contribution in [-0.2, 0) is 6.54 Å². The highest BCUT2D eigenvalue weighted by Gasteiger charge is 2.15. The lowest BCUT2D eigenvalue weighted by atomic mass is 10.1. The van der Waals surface area contributed by atoms with E-state index in [1.807, 2.05) is 20.2 Å². The molecule has 3 aromatic rings. The zero-order valence-corrected chi connectivity index (χ0v) is 17.4. The van der Waals surface area contributed by atoms with Crippen LogP contribution in [0.5, 0.6) is 0 Å². The molecule has 6 heteroatoms. The number of hydrogen-bond donors (Lipinski definition) is 4. The van der Waals surface area contributed by atoms with E-state index in [0.717, 1.165) is 40.7 Å². The highest BCUT2D eigenvalue weighted by Crippen LogP contribution is 2.38. The Kier molecular flexibility index (Phi) is 4.84. The summed E-state index contributed by atoms with van der Waals surface area (Å²) in [7, 11) is 8.17. The summed E-state index contributed by atoms with van der Waals surface area (Å²) < 4.78 is 0. The maximum absolute atomic E-state index is 6.35. The SMILES string of the molecule is CN(C)c1ccc(Nc2cc3c(cc2N)NCc2cc(N(C)C)ccc2N3)cc1. The van der Waals surface area contributed by atoms with Gasteiger partial charge in [-0.15, -0.1) is 0 Å². The monoisotopic (exact) mass is 388 g/mol. The van der Waals surface area contributed by atoms with Crippen molar-refractivity contribution in [2.75, 3.05) is 59.7 Å². The number of fused-ring (bicyclic) bond motifs is 2. The number of nitrogen functional groups attached to an aromatic ring is 1. The van der Waals surface area contributed by atoms with Gasteiger partial charge in [-0.25, -0.2) is 0 Å². The van der Waals surface area contributed by atoms with Crippen molar-refractivity contribution in [2.45, 2.75) is 6.54 Å². The maximum atomic E-state index is 6.35. The Bertz CT molecular complexity index is 1020. The van der Waals surface area contributed by atoms with Crippen LogP contribution in [0.4, 0.5) is 45.5 Å². The first-order chi connectivity index (χ1) is 13.9. The minimum atomic E-state index is 0.703. The van der Waals surface area contributed by atoms with E-state index in [0.29, 0.717) is 5.69 Å². The Morgan fingerprint density at radius 1 is 0.793 bits per heavy atom. The van der Waals surface area contributed by atoms with Gasteiger partial charge in [-0.3, -0.25) is 0 Å². The molecule has 0 aromatic heterocycles. The second-order valence-electron chi connectivity index (χ2n) is 7.77. The molecule has 150 valence electrons. The molecule has 4 rings (SSSR count). The van der Waals surface area contributed by atoms with Crippen LogP contribution in [0.1, 0.15) is 5.56 Å². The van der Waals surface area contributed by atoms with Crippen LogP contribution < -0.4 is 31.5 Å². The lowest BCUT2D eigenvalue weighted by molar-refractivity contribution is 1.11. The van der Waals surface area contributed by atoms with Crippen LogP contribution in [0, 0.1) is 0 Å². The Morgan fingerprint density at radius 2 is 1.48 bits per heavy atom. The molecule has 0 saturated carbocycles. The Balaban J connectivity index is 1.62. The predicted molar refractivity (Wildman–Crippen MR) is 126 cm³/mol. The number of nitrogens with two attached hydrogens (primary N) is 1. The molecule has 1 heterocycles. The number of benzene rings is 3. The lowest BCUT2D eigenvalue weighted by Crippen LogP contribution is -2.09. The third kappa shape index (κ3) is 3.87. The van der Waals surface area contributed by atoms with Crippen LogP contribution in [-0.4, -0.2) is 28.2 Å². The standard InChI is InChI=1S/C23H28N6/c1-28(2)17-7-5-16(6-8-17)26-21-13-23-22(12-19(21)24)25-14-15-11-18(29(3)4)9-10-20(15)27-23/h5-13,25-27H,14,24H2,1-4H3. The predicted octanol–water partition coefficient (Wildman–Crippen LogP) is 4.81. The minimum Gasteiger partial charge on any atom is -0.397 e. The summed E-state index contributed by atoms with van der Waals surface area (Å²) in [6.07, 6.45) is 0. The fourth-order valence-corrected chi connectivity index (χ4v) is 3.43. The first-order valence-electron chi connectivity index (χ1n) is 9.70. The van der Waals surface area contributed by atoms with E-state index in [1.165, 1.54) is 11.3 Å². The molecule has 0 fully saturated rings. The van der Waals surface area contributed by atoms with Crippen molar-refractivity contribution in [1.82, 2.24) is 0 Å². The van der Waals surface area contributed by atoms with Crippen molar-refractivity contribution >= 4 is 45.5 Å². The molecule has 0 bridgehead atoms. The minimum absolute atomic E-state index is 0.703. The fraction of sp³-hybridized carbons (Fsp3) is 0.217. The van der Waals surface area contributed by atoms with Gasteiger partial charge in [0.05, 0.1) is 22.7 Å². The van der Waals surface area contributed by atoms with E-state index in [9.17, 15) is 0 Å². The molecule has 0 amide bonds. The Morgan fingerprint density at radius 3 is 2.17 bits per heavy atom. The molecule has 0 atom stereocenters. The van der Waals surface area contributed by atoms with Crippen LogP contribution in [0.25, 0.3) is 0 Å². The summed E-state index contributed by atoms with van der Waals surface area (Å²) in [5, 5.41) is 10.5. The largest absolute Gasteiger partial charge is 0.397 e. The number of anilines is 8. The van der Waals surface area contributed by atoms with E-state index in [2.05, 4.69) is 88.4 Å². The summed E-state index contributed by atoms with van der Waals surface area (Å²) in [5.74, 6) is 0. The van der Waals surface area contributed by atoms with Crippen molar-refractivity contribution < 1.29 is 0 Å². The number of nitrogens with one attached hydrogen (secondary N) is 3. The Labute approximate surface area is 172 Å². The van der Waals surface area contributed by atoms with E-state index in [4.69, 9.17) is 5.73 Å². The van der Waals surface area contributed by atoms with Crippen LogP contribution >= 0.6 is 0 Å². The smallest absolute Gasteiger partial charge is 0.0642 e. The van der Waals surface area contributed by atoms with Crippen LogP contribution in [0.2, 0.25) is 0 Å². The Hall–Kier alpha value is -3.54. The molecule has 5 N–H and O–H groups in total. The van der Waals surface area contributed by atoms with E-state index in [1.54, 1.807) is 0 Å². The van der Waals surface area contributed by atoms with Gasteiger partial charge >= 0.3 is 0 Å². The molecule has 1 aliphatic rings. The highest BCUT2D eigenvalue weighted by atomic mass is 15.1. The van der Waals surface area contributed by atoms with E-state index in [-0.39, 0.29) is 0 Å². The molecule has 0 aliphatic carbocycles. The molecule has 29 heavy (non-hydrogen) atoms. The van der Waals surface area contributed by atoms with E-state index >= 15 is 0 Å². The third-order valence-electron chi connectivity index (χ3n) is 5.20. The summed E-state index contributed by atoms with van der Waals surface area (Å²) >= 11 is 0. The zero-order chi connectivity index (χ0) is 20.5. The van der Waals surface area contributed by atoms with Gasteiger partial charge in [-0.2, -0.15) is 0 Å². The summed E-state index contributed by atoms with van der Waals surface area (Å²) in [6, 6.07) is 18.8. The number of rotatable bonds is 4. The fourth-order valence-electron chi connectivity index (χ4n) is 3.43. The van der Waals surface area contributed by atoms with Crippen molar-refractivity contribution in [3.05, 3.63) is 60.2 Å². The molecular weight excluding hydrogens is 360 g/mol. The second kappa shape index (κ2) is 7.47. The normalized spacial score (nSPS) is 12.0. The first kappa shape index (κ1) is 18.8. The van der Waals surface area contributed by atoms with Gasteiger partial charge in [-0.05, 0) is 60.2 Å². The van der Waals surface area contributed by atoms with Gasteiger partial charge in [0.15, 0.2) is 0 Å². The zero-order valence-electron chi connectivity index (χ0n) is 17.4. The van der Waals surface area contributed by atoms with Crippen molar-refractivity contribution in [3.63, 3.8) is 0 Å². The van der Waals surface area contributed by atoms with Crippen molar-refractivity contribution in [3.8, 4) is 0 Å². The molecule has 0 unspecified atom stereocenters. The first-order valence-corrected chi connectivity index (χ1v) is 9.70. The molecule has 3 aromatic carbocycles. The lowest BCUT2D eigenvalue weighted by Gasteiger charge is -2.17. The second-order valence-corrected chi connectivity index (χ2v) is 7.77. The molecule has 0 radical (unpaired) electrons. The summed E-state index contributed by atoms with van der Waals surface area (Å²) in [4.78, 5) is 4.19. The topological polar surface area (TPSA) is 68.6 Å². The van der Waals surface area contributed by atoms with Gasteiger partial charge in [0, 0.05) is 57.5 Å². The van der Waals surface area contributed by atoms with Gasteiger partial charge in [-0.1, -0.05) is 0 Å². The average Bonchev–Trinajstić information content (AvgIpc) is 2.87. The van der Waals surface area contributed by atoms with Crippen molar-refractivity contribution in [1.29, 1.82) is 0 Å². The molecule has 6 nitrogen and oxygen atoms in total. The molecule has 0 saturated heterocycles. The van der Waals surface area contributed by atoms with Crippen molar-refractivity contribution in [2.24, 2.45) is 0 Å². The maximum Gasteiger partial charge on any atom is 0.0642 e. The third-order valence-corrected chi connectivity index (χ3v) is 5.20. The van der Waals surface area contributed by atoms with Gasteiger partial charge in [0.1, 0.15) is 0 Å². The average molecular weight is 389 g/mol. The molecule has 0 spiro atoms. The van der Waals surface area contributed by atoms with Gasteiger partial charge < -0.3 is 31.5 Å². The van der Waals surface area contributed by atoms with Crippen LogP contribution in [0.15, 0.2) is 54.6 Å². The van der Waals surface area contributed by atoms with Gasteiger partial charge in [0.2, 0.25) is 0 Å². The quantitative estimate of drug-likeness (QED) is 0.481. The van der Waals surface area contributed by atoms with E-state index < -0.39 is 0 Å². The highest BCUT2D eigenvalue weighted by molar-refractivity contribution is 5.88. The van der Waals surface area contributed by atoms with Crippen LogP contribution in [0.3, 0.4) is 0 Å². The molecular formula is C23H28N6. The summed E-state index contributed by atoms with van der Waals surface area (Å²) in [6.45, 7) is 0.745. The number of hydrogen-bond acceptors (Lipinski definition) is 6. The summed E-state index contributed by atoms with van der Waals surface area (Å²) in [5.41, 5.74) is 15.6. The number of nitrogens with zero attached hydrogens (tertiary/aromatic N) is 2. The molecule has 1 aliphatic heterocycles.